The van der Waals surface area contributed by atoms with Crippen molar-refractivity contribution < 1.29 is 13.2 Å². The molecule has 2 aliphatic rings. The summed E-state index contributed by atoms with van der Waals surface area (Å²) in [7, 11) is -1.65. The van der Waals surface area contributed by atoms with E-state index in [1.165, 1.54) is 16.8 Å². The van der Waals surface area contributed by atoms with Crippen molar-refractivity contribution in [2.24, 2.45) is 7.05 Å². The number of aromatic nitrogens is 3. The minimum atomic E-state index is -3.20. The summed E-state index contributed by atoms with van der Waals surface area (Å²) in [6, 6.07) is 10.3. The van der Waals surface area contributed by atoms with Crippen LogP contribution >= 0.6 is 0 Å². The van der Waals surface area contributed by atoms with Gasteiger partial charge >= 0.3 is 0 Å². The Morgan fingerprint density at radius 3 is 2.60 bits per heavy atom. The maximum Gasteiger partial charge on any atom is 0.263 e. The molecule has 0 spiro atoms. The number of rotatable bonds is 8. The molecule has 2 aromatic heterocycles. The Morgan fingerprint density at radius 2 is 1.97 bits per heavy atom. The van der Waals surface area contributed by atoms with E-state index >= 15 is 0 Å². The molecule has 0 radical (unpaired) electrons. The highest BCUT2D eigenvalue weighted by Gasteiger charge is 2.59. The van der Waals surface area contributed by atoms with E-state index in [2.05, 4.69) is 20.8 Å². The molecule has 2 fully saturated rings. The number of carbonyl (C=O) groups is 1. The van der Waals surface area contributed by atoms with Crippen LogP contribution in [0, 0.1) is 11.3 Å². The summed E-state index contributed by atoms with van der Waals surface area (Å²) in [5.74, 6) is -0.223. The van der Waals surface area contributed by atoms with E-state index in [1.54, 1.807) is 31.3 Å². The first-order valence-electron chi connectivity index (χ1n) is 11.4. The third-order valence-corrected chi connectivity index (χ3v) is 9.86. The summed E-state index contributed by atoms with van der Waals surface area (Å²) in [5.41, 5.74) is 1.22. The molecule has 35 heavy (non-hydrogen) atoms. The van der Waals surface area contributed by atoms with Crippen LogP contribution in [-0.4, -0.2) is 45.6 Å². The standard InChI is InChI=1S/C24H24N6O4S/c1-30-20-17(10-19(23(30)32)22(31)26-12-16-4-2-15(11-25)3-5-16)13-28-29-21(20)27-14-24(8-9-24)35(33,34)18-6-7-18/h2-5,10,13,18H,6-9,12,14H2,1H3,(H,26,31)(H,27,29). The lowest BCUT2D eigenvalue weighted by Crippen LogP contribution is -2.35. The molecule has 2 N–H and O–H groups in total. The monoisotopic (exact) mass is 492 g/mol. The molecule has 10 nitrogen and oxygen atoms in total. The number of aryl methyl sites for hydroxylation is 1. The average Bonchev–Trinajstić information content (AvgIpc) is 3.77. The highest BCUT2D eigenvalue weighted by molar-refractivity contribution is 7.94. The number of amides is 1. The van der Waals surface area contributed by atoms with Crippen molar-refractivity contribution in [3.8, 4) is 6.07 Å². The molecule has 3 aromatic rings. The molecular weight excluding hydrogens is 468 g/mol. The molecule has 5 rings (SSSR count). The van der Waals surface area contributed by atoms with Crippen LogP contribution in [-0.2, 0) is 23.4 Å². The number of carbonyl (C=O) groups excluding carboxylic acids is 1. The quantitative estimate of drug-likeness (QED) is 0.482. The van der Waals surface area contributed by atoms with E-state index in [-0.39, 0.29) is 23.9 Å². The number of fused-ring (bicyclic) bond motifs is 1. The van der Waals surface area contributed by atoms with E-state index in [4.69, 9.17) is 5.26 Å². The van der Waals surface area contributed by atoms with Crippen LogP contribution in [0.1, 0.15) is 47.2 Å². The van der Waals surface area contributed by atoms with Gasteiger partial charge in [0.05, 0.1) is 33.3 Å². The SMILES string of the molecule is Cn1c(=O)c(C(=O)NCc2ccc(C#N)cc2)cc2cnnc(NCC3(S(=O)(=O)C4CC4)CC3)c21. The van der Waals surface area contributed by atoms with Crippen molar-refractivity contribution in [1.82, 2.24) is 20.1 Å². The molecule has 0 saturated heterocycles. The molecule has 2 aliphatic carbocycles. The molecule has 11 heteroatoms. The summed E-state index contributed by atoms with van der Waals surface area (Å²) in [5, 5.41) is 23.1. The smallest absolute Gasteiger partial charge is 0.263 e. The Bertz CT molecular complexity index is 1530. The van der Waals surface area contributed by atoms with Crippen LogP contribution in [0.25, 0.3) is 10.9 Å². The minimum Gasteiger partial charge on any atom is -0.365 e. The molecule has 180 valence electrons. The number of pyridine rings is 1. The summed E-state index contributed by atoms with van der Waals surface area (Å²) in [6.45, 7) is 0.408. The predicted octanol–water partition coefficient (Wildman–Crippen LogP) is 1.65. The number of hydrogen-bond acceptors (Lipinski definition) is 8. The average molecular weight is 493 g/mol. The summed E-state index contributed by atoms with van der Waals surface area (Å²) in [6.07, 6.45) is 4.13. The first-order chi connectivity index (χ1) is 16.8. The van der Waals surface area contributed by atoms with Crippen molar-refractivity contribution in [2.75, 3.05) is 11.9 Å². The van der Waals surface area contributed by atoms with Gasteiger partial charge in [0.2, 0.25) is 0 Å². The first-order valence-corrected chi connectivity index (χ1v) is 12.9. The fourth-order valence-corrected chi connectivity index (χ4v) is 6.69. The lowest BCUT2D eigenvalue weighted by atomic mass is 10.1. The highest BCUT2D eigenvalue weighted by Crippen LogP contribution is 2.50. The number of anilines is 1. The zero-order valence-corrected chi connectivity index (χ0v) is 19.9. The molecule has 0 bridgehead atoms. The Hall–Kier alpha value is -3.78. The fourth-order valence-electron chi connectivity index (χ4n) is 4.29. The molecule has 2 saturated carbocycles. The number of nitrogens with zero attached hydrogens (tertiary/aromatic N) is 4. The number of nitrogens with one attached hydrogen (secondary N) is 2. The van der Waals surface area contributed by atoms with Crippen molar-refractivity contribution in [3.63, 3.8) is 0 Å². The predicted molar refractivity (Wildman–Crippen MR) is 130 cm³/mol. The molecular formula is C24H24N6O4S. The summed E-state index contributed by atoms with van der Waals surface area (Å²) >= 11 is 0. The molecule has 0 unspecified atom stereocenters. The second-order valence-corrected chi connectivity index (χ2v) is 11.8. The van der Waals surface area contributed by atoms with Gasteiger partial charge in [0.15, 0.2) is 15.7 Å². The molecule has 0 aliphatic heterocycles. The van der Waals surface area contributed by atoms with Gasteiger partial charge in [0, 0.05) is 25.5 Å². The van der Waals surface area contributed by atoms with Crippen molar-refractivity contribution in [3.05, 3.63) is 63.6 Å². The number of hydrogen-bond donors (Lipinski definition) is 2. The molecule has 0 atom stereocenters. The van der Waals surface area contributed by atoms with E-state index in [9.17, 15) is 18.0 Å². The fraction of sp³-hybridized carbons (Fsp3) is 0.375. The molecule has 2 heterocycles. The largest absolute Gasteiger partial charge is 0.365 e. The van der Waals surface area contributed by atoms with Crippen LogP contribution in [0.3, 0.4) is 0 Å². The number of benzene rings is 1. The van der Waals surface area contributed by atoms with Gasteiger partial charge in [-0.25, -0.2) is 8.42 Å². The van der Waals surface area contributed by atoms with E-state index < -0.39 is 26.1 Å². The van der Waals surface area contributed by atoms with Gasteiger partial charge in [-0.3, -0.25) is 9.59 Å². The topological polar surface area (TPSA) is 147 Å². The maximum absolute atomic E-state index is 13.0. The molecule has 1 amide bonds. The Balaban J connectivity index is 1.37. The lowest BCUT2D eigenvalue weighted by molar-refractivity contribution is 0.0949. The Morgan fingerprint density at radius 1 is 1.26 bits per heavy atom. The van der Waals surface area contributed by atoms with Crippen molar-refractivity contribution >= 4 is 32.5 Å². The van der Waals surface area contributed by atoms with Crippen LogP contribution in [0.5, 0.6) is 0 Å². The van der Waals surface area contributed by atoms with Crippen LogP contribution in [0.4, 0.5) is 5.82 Å². The Kier molecular flexibility index (Phi) is 5.56. The van der Waals surface area contributed by atoms with Gasteiger partial charge < -0.3 is 15.2 Å². The van der Waals surface area contributed by atoms with Gasteiger partial charge in [-0.15, -0.1) is 5.10 Å². The second kappa shape index (κ2) is 8.46. The zero-order valence-electron chi connectivity index (χ0n) is 19.1. The summed E-state index contributed by atoms with van der Waals surface area (Å²) in [4.78, 5) is 25.8. The molecule has 1 aromatic carbocycles. The summed E-state index contributed by atoms with van der Waals surface area (Å²) < 4.78 is 26.2. The van der Waals surface area contributed by atoms with E-state index in [0.29, 0.717) is 35.1 Å². The third kappa shape index (κ3) is 4.14. The first kappa shape index (κ1) is 23.0. The van der Waals surface area contributed by atoms with Crippen LogP contribution in [0.15, 0.2) is 41.3 Å². The van der Waals surface area contributed by atoms with Crippen molar-refractivity contribution in [2.45, 2.75) is 42.2 Å². The van der Waals surface area contributed by atoms with Gasteiger partial charge in [-0.05, 0) is 49.4 Å². The van der Waals surface area contributed by atoms with Gasteiger partial charge in [0.25, 0.3) is 11.5 Å². The Labute approximate surface area is 201 Å². The van der Waals surface area contributed by atoms with Crippen LogP contribution in [0.2, 0.25) is 0 Å². The van der Waals surface area contributed by atoms with Gasteiger partial charge in [-0.1, -0.05) is 12.1 Å². The lowest BCUT2D eigenvalue weighted by Gasteiger charge is -2.18. The number of sulfone groups is 1. The van der Waals surface area contributed by atoms with E-state index in [0.717, 1.165) is 18.4 Å². The van der Waals surface area contributed by atoms with Gasteiger partial charge in [-0.2, -0.15) is 10.4 Å². The normalized spacial score (nSPS) is 16.5. The highest BCUT2D eigenvalue weighted by atomic mass is 32.2. The third-order valence-electron chi connectivity index (χ3n) is 6.76. The second-order valence-electron chi connectivity index (χ2n) is 9.19. The van der Waals surface area contributed by atoms with E-state index in [1.807, 2.05) is 6.07 Å². The number of nitriles is 1. The minimum absolute atomic E-state index is 0.0393. The van der Waals surface area contributed by atoms with Gasteiger partial charge in [0.1, 0.15) is 5.56 Å². The maximum atomic E-state index is 13.0. The zero-order chi connectivity index (χ0) is 24.8. The van der Waals surface area contributed by atoms with Crippen molar-refractivity contribution in [1.29, 1.82) is 5.26 Å². The van der Waals surface area contributed by atoms with Crippen LogP contribution < -0.4 is 16.2 Å².